The molecule has 0 aliphatic rings. The van der Waals surface area contributed by atoms with Crippen LogP contribution < -0.4 is 0 Å². The highest BCUT2D eigenvalue weighted by atomic mass is 14.7. The summed E-state index contributed by atoms with van der Waals surface area (Å²) >= 11 is 0. The van der Waals surface area contributed by atoms with Crippen LogP contribution in [0.3, 0.4) is 0 Å². The van der Waals surface area contributed by atoms with E-state index in [1.165, 1.54) is 0 Å². The van der Waals surface area contributed by atoms with Gasteiger partial charge in [0.1, 0.15) is 0 Å². The lowest BCUT2D eigenvalue weighted by molar-refractivity contribution is 1.26. The van der Waals surface area contributed by atoms with Crippen molar-refractivity contribution in [3.05, 3.63) is 38.0 Å². The van der Waals surface area contributed by atoms with E-state index in [2.05, 4.69) is 24.7 Å². The van der Waals surface area contributed by atoms with Crippen LogP contribution in [0.25, 0.3) is 0 Å². The highest BCUT2D eigenvalue weighted by molar-refractivity contribution is 5.53. The summed E-state index contributed by atoms with van der Waals surface area (Å²) in [6.07, 6.45) is 6.81. The van der Waals surface area contributed by atoms with Crippen LogP contribution in [-0.2, 0) is 0 Å². The van der Waals surface area contributed by atoms with Crippen molar-refractivity contribution >= 4 is 6.21 Å². The van der Waals surface area contributed by atoms with E-state index in [1.54, 1.807) is 24.4 Å². The largest absolute Gasteiger partial charge is 0.294 e. The van der Waals surface area contributed by atoms with Gasteiger partial charge in [-0.25, -0.2) is 0 Å². The van der Waals surface area contributed by atoms with Gasteiger partial charge in [-0.15, -0.1) is 6.58 Å². The maximum atomic E-state index is 3.85. The zero-order valence-electron chi connectivity index (χ0n) is 10.6. The lowest BCUT2D eigenvalue weighted by Crippen LogP contribution is -1.66. The van der Waals surface area contributed by atoms with E-state index < -0.39 is 0 Å². The Morgan fingerprint density at radius 2 is 1.29 bits per heavy atom. The molecule has 0 saturated heterocycles. The fourth-order valence-corrected chi connectivity index (χ4v) is 0.180. The highest BCUT2D eigenvalue weighted by Gasteiger charge is 1.57. The minimum Gasteiger partial charge on any atom is -0.294 e. The Bertz CT molecular complexity index is 106. The molecule has 0 aromatic rings. The molecule has 0 N–H and O–H groups in total. The first-order chi connectivity index (χ1) is 6.83. The first-order valence-corrected chi connectivity index (χ1v) is 5.12. The van der Waals surface area contributed by atoms with Crippen LogP contribution in [0.2, 0.25) is 0 Å². The van der Waals surface area contributed by atoms with Crippen LogP contribution in [0.1, 0.15) is 34.6 Å². The number of hydrogen-bond donors (Lipinski definition) is 0. The third-order valence-electron chi connectivity index (χ3n) is 0.584. The molecule has 0 rings (SSSR count). The van der Waals surface area contributed by atoms with Crippen molar-refractivity contribution in [3.63, 3.8) is 0 Å². The van der Waals surface area contributed by atoms with E-state index in [1.807, 2.05) is 34.6 Å². The van der Waals surface area contributed by atoms with Crippen molar-refractivity contribution in [2.24, 2.45) is 4.99 Å². The van der Waals surface area contributed by atoms with Crippen molar-refractivity contribution in [1.29, 1.82) is 0 Å². The van der Waals surface area contributed by atoms with Crippen LogP contribution >= 0.6 is 0 Å². The van der Waals surface area contributed by atoms with E-state index in [-0.39, 0.29) is 0 Å². The third kappa shape index (κ3) is 128. The predicted molar refractivity (Wildman–Crippen MR) is 72.3 cm³/mol. The molecule has 0 fully saturated rings. The molecule has 0 atom stereocenters. The molecule has 0 heterocycles. The highest BCUT2D eigenvalue weighted by Crippen LogP contribution is 1.63. The second-order valence-electron chi connectivity index (χ2n) is 1.38. The van der Waals surface area contributed by atoms with Gasteiger partial charge in [0, 0.05) is 0 Å². The lowest BCUT2D eigenvalue weighted by Gasteiger charge is -1.72. The van der Waals surface area contributed by atoms with Crippen LogP contribution in [0, 0.1) is 0 Å². The molecule has 1 nitrogen and oxygen atoms in total. The van der Waals surface area contributed by atoms with Crippen LogP contribution in [0.15, 0.2) is 43.0 Å². The number of allylic oxidation sites excluding steroid dienone is 2. The van der Waals surface area contributed by atoms with Gasteiger partial charge in [-0.05, 0) is 13.1 Å². The fourth-order valence-electron chi connectivity index (χ4n) is 0.180. The van der Waals surface area contributed by atoms with Gasteiger partial charge in [-0.2, -0.15) is 0 Å². The van der Waals surface area contributed by atoms with Gasteiger partial charge >= 0.3 is 0 Å². The monoisotopic (exact) mass is 197 g/mol. The minimum absolute atomic E-state index is 0.747. The van der Waals surface area contributed by atoms with Gasteiger partial charge < -0.3 is 0 Å². The SMILES string of the molecule is C=CC=C.C=CCN=CC.CC.CC. The molecular weight excluding hydrogens is 170 g/mol. The van der Waals surface area contributed by atoms with E-state index in [0.717, 1.165) is 6.54 Å². The number of aliphatic imine (C=N–C) groups is 1. The summed E-state index contributed by atoms with van der Waals surface area (Å²) in [7, 11) is 0. The third-order valence-corrected chi connectivity index (χ3v) is 0.584. The number of hydrogen-bond acceptors (Lipinski definition) is 1. The molecule has 0 aliphatic heterocycles. The summed E-state index contributed by atoms with van der Waals surface area (Å²) in [6, 6.07) is 0. The quantitative estimate of drug-likeness (QED) is 0.354. The molecule has 0 aromatic heterocycles. The molecule has 0 amide bonds. The molecule has 1 heteroatoms. The number of rotatable bonds is 3. The van der Waals surface area contributed by atoms with Gasteiger partial charge in [0.05, 0.1) is 6.54 Å². The molecule has 0 spiro atoms. The zero-order chi connectivity index (χ0) is 12.2. The van der Waals surface area contributed by atoms with Crippen molar-refractivity contribution in [2.45, 2.75) is 34.6 Å². The Hall–Kier alpha value is -1.11. The fraction of sp³-hybridized carbons (Fsp3) is 0.462. The Labute approximate surface area is 91.0 Å². The molecule has 0 aromatic carbocycles. The molecule has 0 radical (unpaired) electrons. The van der Waals surface area contributed by atoms with E-state index >= 15 is 0 Å². The summed E-state index contributed by atoms with van der Waals surface area (Å²) < 4.78 is 0. The Kier molecular flexibility index (Phi) is 97.1. The normalized spacial score (nSPS) is 6.36. The average Bonchev–Trinajstić information content (AvgIpc) is 2.32. The molecule has 84 valence electrons. The van der Waals surface area contributed by atoms with Crippen LogP contribution in [0.5, 0.6) is 0 Å². The summed E-state index contributed by atoms with van der Waals surface area (Å²) in [4.78, 5) is 3.85. The molecule has 0 aliphatic carbocycles. The van der Waals surface area contributed by atoms with Crippen LogP contribution in [0.4, 0.5) is 0 Å². The van der Waals surface area contributed by atoms with E-state index in [9.17, 15) is 0 Å². The number of nitrogens with zero attached hydrogens (tertiary/aromatic N) is 1. The van der Waals surface area contributed by atoms with Crippen LogP contribution in [-0.4, -0.2) is 12.8 Å². The van der Waals surface area contributed by atoms with Gasteiger partial charge in [0.2, 0.25) is 0 Å². The van der Waals surface area contributed by atoms with Gasteiger partial charge in [-0.1, -0.05) is 59.1 Å². The molecule has 0 unspecified atom stereocenters. The topological polar surface area (TPSA) is 12.4 Å². The van der Waals surface area contributed by atoms with E-state index in [0.29, 0.717) is 0 Å². The first kappa shape index (κ1) is 23.1. The Balaban J connectivity index is -0.0000000546. The Morgan fingerprint density at radius 3 is 1.36 bits per heavy atom. The smallest absolute Gasteiger partial charge is 0.0563 e. The maximum Gasteiger partial charge on any atom is 0.0563 e. The maximum absolute atomic E-state index is 3.85. The minimum atomic E-state index is 0.747. The summed E-state index contributed by atoms with van der Waals surface area (Å²) in [6.45, 7) is 20.8. The molecule has 0 saturated carbocycles. The molecule has 14 heavy (non-hydrogen) atoms. The van der Waals surface area contributed by atoms with Gasteiger partial charge in [0.15, 0.2) is 0 Å². The summed E-state index contributed by atoms with van der Waals surface area (Å²) in [5.41, 5.74) is 0. The second-order valence-corrected chi connectivity index (χ2v) is 1.38. The average molecular weight is 197 g/mol. The summed E-state index contributed by atoms with van der Waals surface area (Å²) in [5, 5.41) is 0. The second kappa shape index (κ2) is 59.0. The molecule has 0 bridgehead atoms. The van der Waals surface area contributed by atoms with E-state index in [4.69, 9.17) is 0 Å². The van der Waals surface area contributed by atoms with Crippen molar-refractivity contribution in [2.75, 3.05) is 6.54 Å². The van der Waals surface area contributed by atoms with Crippen molar-refractivity contribution in [3.8, 4) is 0 Å². The first-order valence-electron chi connectivity index (χ1n) is 5.12. The molecular formula is C13H27N. The standard InChI is InChI=1S/C5H9N.C4H6.2C2H6/c1-3-5-6-4-2;1-3-4-2;2*1-2/h3-4H,1,5H2,2H3;3-4H,1-2H2;2*1-2H3. The lowest BCUT2D eigenvalue weighted by atomic mass is 10.6. The van der Waals surface area contributed by atoms with Gasteiger partial charge in [-0.3, -0.25) is 4.99 Å². The Morgan fingerprint density at radius 1 is 0.929 bits per heavy atom. The van der Waals surface area contributed by atoms with Crippen molar-refractivity contribution in [1.82, 2.24) is 0 Å². The van der Waals surface area contributed by atoms with Gasteiger partial charge in [0.25, 0.3) is 0 Å². The predicted octanol–water partition coefficient (Wildman–Crippen LogP) is 4.67. The van der Waals surface area contributed by atoms with Crippen molar-refractivity contribution < 1.29 is 0 Å². The zero-order valence-corrected chi connectivity index (χ0v) is 10.6. The summed E-state index contributed by atoms with van der Waals surface area (Å²) in [5.74, 6) is 0.